The predicted molar refractivity (Wildman–Crippen MR) is 88.0 cm³/mol. The molecule has 0 aliphatic rings. The van der Waals surface area contributed by atoms with Gasteiger partial charge >= 0.3 is 0 Å². The predicted octanol–water partition coefficient (Wildman–Crippen LogP) is 2.41. The first-order chi connectivity index (χ1) is 10.2. The van der Waals surface area contributed by atoms with Crippen molar-refractivity contribution in [3.63, 3.8) is 0 Å². The molecule has 0 aliphatic heterocycles. The van der Waals surface area contributed by atoms with E-state index in [-0.39, 0.29) is 0 Å². The van der Waals surface area contributed by atoms with Gasteiger partial charge in [0.1, 0.15) is 11.6 Å². The summed E-state index contributed by atoms with van der Waals surface area (Å²) in [6, 6.07) is 1.96. The number of aryl methyl sites for hydroxylation is 1. The summed E-state index contributed by atoms with van der Waals surface area (Å²) in [5, 5.41) is 11.6. The van der Waals surface area contributed by atoms with E-state index in [0.29, 0.717) is 0 Å². The molecule has 21 heavy (non-hydrogen) atoms. The number of hydrogen-bond acceptors (Lipinski definition) is 6. The van der Waals surface area contributed by atoms with E-state index in [9.17, 15) is 0 Å². The molecule has 6 nitrogen and oxygen atoms in total. The lowest BCUT2D eigenvalue weighted by Crippen LogP contribution is -2.09. The molecular formula is C14H22N6S. The van der Waals surface area contributed by atoms with Crippen molar-refractivity contribution in [3.8, 4) is 0 Å². The van der Waals surface area contributed by atoms with Crippen molar-refractivity contribution in [2.75, 3.05) is 30.0 Å². The highest BCUT2D eigenvalue weighted by Gasteiger charge is 2.04. The van der Waals surface area contributed by atoms with Crippen molar-refractivity contribution in [3.05, 3.63) is 24.0 Å². The molecule has 0 saturated carbocycles. The molecule has 2 aromatic rings. The molecule has 2 heterocycles. The van der Waals surface area contributed by atoms with Crippen LogP contribution in [0.4, 0.5) is 11.6 Å². The van der Waals surface area contributed by atoms with Gasteiger partial charge in [-0.05, 0) is 24.7 Å². The summed E-state index contributed by atoms with van der Waals surface area (Å²) in [6.45, 7) is 3.88. The first-order valence-corrected chi connectivity index (χ1v) is 8.32. The summed E-state index contributed by atoms with van der Waals surface area (Å²) in [5.74, 6) is 1.73. The van der Waals surface area contributed by atoms with Gasteiger partial charge in [0.2, 0.25) is 0 Å². The maximum atomic E-state index is 4.48. The van der Waals surface area contributed by atoms with Crippen LogP contribution in [0.3, 0.4) is 0 Å². The van der Waals surface area contributed by atoms with Crippen molar-refractivity contribution in [1.29, 1.82) is 0 Å². The molecule has 0 saturated heterocycles. The van der Waals surface area contributed by atoms with Gasteiger partial charge in [0.25, 0.3) is 0 Å². The van der Waals surface area contributed by atoms with Crippen molar-refractivity contribution < 1.29 is 0 Å². The van der Waals surface area contributed by atoms with Gasteiger partial charge in [-0.15, -0.1) is 0 Å². The number of nitrogens with zero attached hydrogens (tertiary/aromatic N) is 4. The van der Waals surface area contributed by atoms with Gasteiger partial charge in [-0.25, -0.2) is 9.97 Å². The highest BCUT2D eigenvalue weighted by molar-refractivity contribution is 7.98. The Morgan fingerprint density at radius 2 is 1.90 bits per heavy atom. The minimum atomic E-state index is 0.778. The smallest absolute Gasteiger partial charge is 0.191 e. The van der Waals surface area contributed by atoms with E-state index >= 15 is 0 Å². The maximum Gasteiger partial charge on any atom is 0.191 e. The average Bonchev–Trinajstić information content (AvgIpc) is 2.90. The Labute approximate surface area is 129 Å². The molecule has 0 aliphatic carbocycles. The standard InChI is InChI=1S/C14H22N6S/c1-4-6-15-12-8-13(19-14(18-12)21-3)16-7-5-11-9-17-20(2)10-11/h8-10H,4-7H2,1-3H3,(H2,15,16,18,19). The zero-order chi connectivity index (χ0) is 15.1. The van der Waals surface area contributed by atoms with Crippen LogP contribution < -0.4 is 10.6 Å². The molecule has 2 aromatic heterocycles. The van der Waals surface area contributed by atoms with Crippen LogP contribution in [-0.4, -0.2) is 39.1 Å². The van der Waals surface area contributed by atoms with E-state index in [1.807, 2.05) is 36.4 Å². The van der Waals surface area contributed by atoms with Crippen LogP contribution in [0.15, 0.2) is 23.6 Å². The van der Waals surface area contributed by atoms with Gasteiger partial charge in [-0.3, -0.25) is 4.68 Å². The largest absolute Gasteiger partial charge is 0.370 e. The first-order valence-electron chi connectivity index (χ1n) is 7.09. The Bertz CT molecular complexity index is 568. The molecule has 0 atom stereocenters. The number of aromatic nitrogens is 4. The van der Waals surface area contributed by atoms with Crippen molar-refractivity contribution in [1.82, 2.24) is 19.7 Å². The van der Waals surface area contributed by atoms with E-state index in [4.69, 9.17) is 0 Å². The van der Waals surface area contributed by atoms with Gasteiger partial charge in [-0.1, -0.05) is 18.7 Å². The molecule has 0 spiro atoms. The Hall–Kier alpha value is -1.76. The number of nitrogens with one attached hydrogen (secondary N) is 2. The lowest BCUT2D eigenvalue weighted by molar-refractivity contribution is 0.766. The summed E-state index contributed by atoms with van der Waals surface area (Å²) in [4.78, 5) is 8.92. The summed E-state index contributed by atoms with van der Waals surface area (Å²) in [5.41, 5.74) is 1.22. The third-order valence-electron chi connectivity index (χ3n) is 2.92. The van der Waals surface area contributed by atoms with Gasteiger partial charge in [-0.2, -0.15) is 5.10 Å². The molecule has 0 amide bonds. The molecule has 0 fully saturated rings. The third kappa shape index (κ3) is 4.93. The second-order valence-electron chi connectivity index (χ2n) is 4.75. The summed E-state index contributed by atoms with van der Waals surface area (Å²) >= 11 is 1.55. The van der Waals surface area contributed by atoms with E-state index in [2.05, 4.69) is 32.6 Å². The summed E-state index contributed by atoms with van der Waals surface area (Å²) in [7, 11) is 1.93. The first kappa shape index (κ1) is 15.6. The van der Waals surface area contributed by atoms with Crippen molar-refractivity contribution >= 4 is 23.4 Å². The number of hydrogen-bond donors (Lipinski definition) is 2. The van der Waals surface area contributed by atoms with Crippen LogP contribution in [0, 0.1) is 0 Å². The van der Waals surface area contributed by atoms with Crippen LogP contribution in [-0.2, 0) is 13.5 Å². The Kier molecular flexibility index (Phi) is 5.86. The second-order valence-corrected chi connectivity index (χ2v) is 5.52. The van der Waals surface area contributed by atoms with Crippen molar-refractivity contribution in [2.24, 2.45) is 7.05 Å². The van der Waals surface area contributed by atoms with Gasteiger partial charge in [0.15, 0.2) is 5.16 Å². The second kappa shape index (κ2) is 7.87. The molecule has 0 radical (unpaired) electrons. The Morgan fingerprint density at radius 1 is 1.19 bits per heavy atom. The zero-order valence-corrected chi connectivity index (χ0v) is 13.6. The fourth-order valence-corrected chi connectivity index (χ4v) is 2.27. The minimum Gasteiger partial charge on any atom is -0.370 e. The van der Waals surface area contributed by atoms with Crippen LogP contribution >= 0.6 is 11.8 Å². The molecule has 7 heteroatoms. The maximum absolute atomic E-state index is 4.48. The van der Waals surface area contributed by atoms with Crippen LogP contribution in [0.25, 0.3) is 0 Å². The van der Waals surface area contributed by atoms with Crippen LogP contribution in [0.1, 0.15) is 18.9 Å². The van der Waals surface area contributed by atoms with Crippen LogP contribution in [0.2, 0.25) is 0 Å². The van der Waals surface area contributed by atoms with E-state index in [1.54, 1.807) is 11.8 Å². The quantitative estimate of drug-likeness (QED) is 0.576. The van der Waals surface area contributed by atoms with Gasteiger partial charge < -0.3 is 10.6 Å². The fraction of sp³-hybridized carbons (Fsp3) is 0.500. The lowest BCUT2D eigenvalue weighted by Gasteiger charge is -2.09. The molecule has 0 bridgehead atoms. The lowest BCUT2D eigenvalue weighted by atomic mass is 10.2. The van der Waals surface area contributed by atoms with Crippen LogP contribution in [0.5, 0.6) is 0 Å². The van der Waals surface area contributed by atoms with Gasteiger partial charge in [0, 0.05) is 32.4 Å². The molecule has 2 N–H and O–H groups in total. The van der Waals surface area contributed by atoms with Crippen molar-refractivity contribution in [2.45, 2.75) is 24.9 Å². The Balaban J connectivity index is 1.94. The molecule has 114 valence electrons. The van der Waals surface area contributed by atoms with Gasteiger partial charge in [0.05, 0.1) is 6.20 Å². The average molecular weight is 306 g/mol. The topological polar surface area (TPSA) is 67.7 Å². The van der Waals surface area contributed by atoms with E-state index in [1.165, 1.54) is 5.56 Å². The number of rotatable bonds is 8. The highest BCUT2D eigenvalue weighted by Crippen LogP contribution is 2.17. The number of thioether (sulfide) groups is 1. The minimum absolute atomic E-state index is 0.778. The summed E-state index contributed by atoms with van der Waals surface area (Å²) < 4.78 is 1.82. The number of anilines is 2. The molecular weight excluding hydrogens is 284 g/mol. The normalized spacial score (nSPS) is 10.6. The SMILES string of the molecule is CCCNc1cc(NCCc2cnn(C)c2)nc(SC)n1. The Morgan fingerprint density at radius 3 is 2.48 bits per heavy atom. The molecule has 0 aromatic carbocycles. The van der Waals surface area contributed by atoms with E-state index in [0.717, 1.165) is 42.7 Å². The molecule has 0 unspecified atom stereocenters. The molecule has 2 rings (SSSR count). The zero-order valence-electron chi connectivity index (χ0n) is 12.8. The third-order valence-corrected chi connectivity index (χ3v) is 3.47. The summed E-state index contributed by atoms with van der Waals surface area (Å²) in [6.07, 6.45) is 7.90. The van der Waals surface area contributed by atoms with E-state index < -0.39 is 0 Å². The monoisotopic (exact) mass is 306 g/mol. The fourth-order valence-electron chi connectivity index (χ4n) is 1.89. The highest BCUT2D eigenvalue weighted by atomic mass is 32.2.